The Bertz CT molecular complexity index is 508. The summed E-state index contributed by atoms with van der Waals surface area (Å²) >= 11 is 0. The van der Waals surface area contributed by atoms with E-state index in [2.05, 4.69) is 55.1 Å². The Morgan fingerprint density at radius 2 is 2.05 bits per heavy atom. The summed E-state index contributed by atoms with van der Waals surface area (Å²) in [5.74, 6) is 1.14. The zero-order valence-corrected chi connectivity index (χ0v) is 13.8. The fourth-order valence-electron chi connectivity index (χ4n) is 2.97. The van der Waals surface area contributed by atoms with Crippen LogP contribution in [-0.2, 0) is 6.54 Å². The van der Waals surface area contributed by atoms with Gasteiger partial charge in [0.15, 0.2) is 0 Å². The molecular weight excluding hydrogens is 260 g/mol. The molecule has 2 aliphatic rings. The van der Waals surface area contributed by atoms with Crippen LogP contribution in [0.1, 0.15) is 37.9 Å². The highest BCUT2D eigenvalue weighted by Gasteiger charge is 2.31. The third-order valence-corrected chi connectivity index (χ3v) is 4.81. The molecule has 4 heteroatoms. The van der Waals surface area contributed by atoms with Crippen LogP contribution in [-0.4, -0.2) is 48.1 Å². The minimum Gasteiger partial charge on any atom is -0.353 e. The number of piperazine rings is 1. The molecule has 1 aromatic heterocycles. The summed E-state index contributed by atoms with van der Waals surface area (Å²) in [6, 6.07) is 5.23. The number of hydrogen-bond donors (Lipinski definition) is 1. The standard InChI is InChI=1S/C17H28N4/c1-13-9-14(11-18-15-5-6-15)10-16(19-13)21-8-7-20(4)17(2,3)12-21/h9-10,15,18H,5-8,11-12H2,1-4H3. The van der Waals surface area contributed by atoms with Crippen molar-refractivity contribution in [1.82, 2.24) is 15.2 Å². The first-order valence-corrected chi connectivity index (χ1v) is 8.11. The number of aryl methyl sites for hydroxylation is 1. The average molecular weight is 288 g/mol. The van der Waals surface area contributed by atoms with Gasteiger partial charge >= 0.3 is 0 Å². The molecule has 0 aromatic carbocycles. The molecule has 0 spiro atoms. The Balaban J connectivity index is 1.74. The van der Waals surface area contributed by atoms with E-state index in [1.165, 1.54) is 18.4 Å². The van der Waals surface area contributed by atoms with Crippen molar-refractivity contribution in [2.75, 3.05) is 31.6 Å². The van der Waals surface area contributed by atoms with Crippen molar-refractivity contribution in [3.05, 3.63) is 23.4 Å². The van der Waals surface area contributed by atoms with E-state index in [1.807, 2.05) is 0 Å². The molecule has 0 unspecified atom stereocenters. The van der Waals surface area contributed by atoms with Crippen molar-refractivity contribution in [3.63, 3.8) is 0 Å². The predicted molar refractivity (Wildman–Crippen MR) is 87.8 cm³/mol. The van der Waals surface area contributed by atoms with E-state index >= 15 is 0 Å². The van der Waals surface area contributed by atoms with Gasteiger partial charge in [-0.2, -0.15) is 0 Å². The SMILES string of the molecule is Cc1cc(CNC2CC2)cc(N2CCN(C)C(C)(C)C2)n1. The lowest BCUT2D eigenvalue weighted by Crippen LogP contribution is -2.57. The Hall–Kier alpha value is -1.13. The van der Waals surface area contributed by atoms with Crippen molar-refractivity contribution < 1.29 is 0 Å². The first-order chi connectivity index (χ1) is 9.94. The summed E-state index contributed by atoms with van der Waals surface area (Å²) in [5.41, 5.74) is 2.69. The van der Waals surface area contributed by atoms with Gasteiger partial charge in [-0.15, -0.1) is 0 Å². The highest BCUT2D eigenvalue weighted by molar-refractivity contribution is 5.44. The molecule has 0 radical (unpaired) electrons. The number of aromatic nitrogens is 1. The van der Waals surface area contributed by atoms with Crippen molar-refractivity contribution in [3.8, 4) is 0 Å². The van der Waals surface area contributed by atoms with Crippen molar-refractivity contribution in [1.29, 1.82) is 0 Å². The lowest BCUT2D eigenvalue weighted by Gasteiger charge is -2.45. The monoisotopic (exact) mass is 288 g/mol. The minimum absolute atomic E-state index is 0.204. The van der Waals surface area contributed by atoms with Gasteiger partial charge in [0, 0.05) is 43.5 Å². The molecule has 116 valence electrons. The molecule has 1 saturated carbocycles. The molecule has 1 aliphatic heterocycles. The average Bonchev–Trinajstić information content (AvgIpc) is 3.23. The van der Waals surface area contributed by atoms with E-state index in [4.69, 9.17) is 4.98 Å². The van der Waals surface area contributed by atoms with Crippen LogP contribution >= 0.6 is 0 Å². The molecule has 2 heterocycles. The van der Waals surface area contributed by atoms with E-state index in [1.54, 1.807) is 0 Å². The van der Waals surface area contributed by atoms with Gasteiger partial charge in [0.05, 0.1) is 0 Å². The third kappa shape index (κ3) is 3.55. The molecule has 1 aromatic rings. The maximum atomic E-state index is 4.77. The van der Waals surface area contributed by atoms with Gasteiger partial charge < -0.3 is 10.2 Å². The number of nitrogens with one attached hydrogen (secondary N) is 1. The van der Waals surface area contributed by atoms with Crippen LogP contribution in [0.4, 0.5) is 5.82 Å². The molecule has 1 saturated heterocycles. The second-order valence-corrected chi connectivity index (χ2v) is 7.29. The van der Waals surface area contributed by atoms with E-state index in [9.17, 15) is 0 Å². The van der Waals surface area contributed by atoms with Gasteiger partial charge in [-0.05, 0) is 58.4 Å². The summed E-state index contributed by atoms with van der Waals surface area (Å²) < 4.78 is 0. The van der Waals surface area contributed by atoms with Crippen LogP contribution in [0.5, 0.6) is 0 Å². The molecule has 1 aliphatic carbocycles. The fourth-order valence-corrected chi connectivity index (χ4v) is 2.97. The van der Waals surface area contributed by atoms with Gasteiger partial charge in [0.2, 0.25) is 0 Å². The van der Waals surface area contributed by atoms with E-state index in [-0.39, 0.29) is 5.54 Å². The van der Waals surface area contributed by atoms with E-state index in [0.29, 0.717) is 0 Å². The Morgan fingerprint density at radius 1 is 1.29 bits per heavy atom. The largest absolute Gasteiger partial charge is 0.353 e. The number of nitrogens with zero attached hydrogens (tertiary/aromatic N) is 3. The van der Waals surface area contributed by atoms with Crippen molar-refractivity contribution in [2.24, 2.45) is 0 Å². The molecule has 1 N–H and O–H groups in total. The van der Waals surface area contributed by atoms with Crippen LogP contribution in [0.25, 0.3) is 0 Å². The topological polar surface area (TPSA) is 31.4 Å². The zero-order valence-electron chi connectivity index (χ0n) is 13.8. The fraction of sp³-hybridized carbons (Fsp3) is 0.706. The second kappa shape index (κ2) is 5.58. The van der Waals surface area contributed by atoms with Gasteiger partial charge in [-0.3, -0.25) is 4.90 Å². The van der Waals surface area contributed by atoms with E-state index in [0.717, 1.165) is 43.7 Å². The van der Waals surface area contributed by atoms with Crippen LogP contribution < -0.4 is 10.2 Å². The predicted octanol–water partition coefficient (Wildman–Crippen LogP) is 2.17. The van der Waals surface area contributed by atoms with Crippen LogP contribution in [0.2, 0.25) is 0 Å². The van der Waals surface area contributed by atoms with Crippen LogP contribution in [0.3, 0.4) is 0 Å². The summed E-state index contributed by atoms with van der Waals surface area (Å²) in [5, 5.41) is 3.60. The summed E-state index contributed by atoms with van der Waals surface area (Å²) in [6.07, 6.45) is 2.67. The van der Waals surface area contributed by atoms with Gasteiger partial charge in [-0.1, -0.05) is 0 Å². The summed E-state index contributed by atoms with van der Waals surface area (Å²) in [6.45, 7) is 10.9. The van der Waals surface area contributed by atoms with Crippen LogP contribution in [0, 0.1) is 6.92 Å². The lowest BCUT2D eigenvalue weighted by molar-refractivity contribution is 0.138. The number of likely N-dealkylation sites (N-methyl/N-ethyl adjacent to an activating group) is 1. The smallest absolute Gasteiger partial charge is 0.129 e. The molecular formula is C17H28N4. The van der Waals surface area contributed by atoms with Gasteiger partial charge in [-0.25, -0.2) is 4.98 Å². The number of rotatable bonds is 4. The Kier molecular flexibility index (Phi) is 3.93. The number of hydrogen-bond acceptors (Lipinski definition) is 4. The first-order valence-electron chi connectivity index (χ1n) is 8.11. The van der Waals surface area contributed by atoms with Gasteiger partial charge in [0.25, 0.3) is 0 Å². The molecule has 2 fully saturated rings. The Labute approximate surface area is 128 Å². The Morgan fingerprint density at radius 3 is 2.71 bits per heavy atom. The quantitative estimate of drug-likeness (QED) is 0.920. The van der Waals surface area contributed by atoms with Crippen molar-refractivity contribution >= 4 is 5.82 Å². The maximum absolute atomic E-state index is 4.77. The molecule has 21 heavy (non-hydrogen) atoms. The van der Waals surface area contributed by atoms with Gasteiger partial charge in [0.1, 0.15) is 5.82 Å². The summed E-state index contributed by atoms with van der Waals surface area (Å²) in [4.78, 5) is 9.65. The summed E-state index contributed by atoms with van der Waals surface area (Å²) in [7, 11) is 2.21. The normalized spacial score (nSPS) is 22.6. The molecule has 3 rings (SSSR count). The zero-order chi connectivity index (χ0) is 15.0. The molecule has 0 bridgehead atoms. The lowest BCUT2D eigenvalue weighted by atomic mass is 9.99. The van der Waals surface area contributed by atoms with Crippen LogP contribution in [0.15, 0.2) is 12.1 Å². The minimum atomic E-state index is 0.204. The third-order valence-electron chi connectivity index (χ3n) is 4.81. The maximum Gasteiger partial charge on any atom is 0.129 e. The number of pyridine rings is 1. The second-order valence-electron chi connectivity index (χ2n) is 7.29. The van der Waals surface area contributed by atoms with Crippen molar-refractivity contribution in [2.45, 2.75) is 51.7 Å². The first kappa shape index (κ1) is 14.8. The number of anilines is 1. The van der Waals surface area contributed by atoms with E-state index < -0.39 is 0 Å². The highest BCUT2D eigenvalue weighted by Crippen LogP contribution is 2.25. The molecule has 0 amide bonds. The molecule has 4 nitrogen and oxygen atoms in total. The molecule has 0 atom stereocenters. The highest BCUT2D eigenvalue weighted by atomic mass is 15.3.